The highest BCUT2D eigenvalue weighted by molar-refractivity contribution is 6.30. The van der Waals surface area contributed by atoms with Gasteiger partial charge in [0.25, 0.3) is 5.78 Å². The van der Waals surface area contributed by atoms with Crippen molar-refractivity contribution in [2.45, 2.75) is 51.1 Å². The first-order chi connectivity index (χ1) is 20.3. The Hall–Kier alpha value is -3.76. The van der Waals surface area contributed by atoms with E-state index in [0.717, 1.165) is 0 Å². The summed E-state index contributed by atoms with van der Waals surface area (Å²) in [5, 5.41) is 5.72. The van der Waals surface area contributed by atoms with E-state index in [9.17, 15) is 27.6 Å². The predicted octanol–water partition coefficient (Wildman–Crippen LogP) is 6.51. The van der Waals surface area contributed by atoms with Gasteiger partial charge in [0, 0.05) is 16.5 Å². The standard InChI is InChI=1S/C31H31Cl2F3N2O5/c1-18(2)28(29(40)31(34,35)36)38-30(41)25(16-19-4-8-21(32)9-5-19)37-27(39)17-26(20-6-10-22(33)11-7-20)43-24-14-12-23(42-3)13-15-24/h4-15,18,25-26,28H,16-17H2,1-3H3,(H,37,39)(H,38,41)/t25?,26?,28-/m0/s1. The average molecular weight is 639 g/mol. The van der Waals surface area contributed by atoms with E-state index < -0.39 is 47.9 Å². The molecule has 12 heteroatoms. The fraction of sp³-hybridized carbons (Fsp3) is 0.323. The lowest BCUT2D eigenvalue weighted by atomic mass is 9.97. The molecule has 0 heterocycles. The van der Waals surface area contributed by atoms with Crippen molar-refractivity contribution < 1.29 is 37.0 Å². The van der Waals surface area contributed by atoms with Crippen LogP contribution in [-0.4, -0.2) is 43.0 Å². The van der Waals surface area contributed by atoms with Crippen LogP contribution in [-0.2, 0) is 20.8 Å². The third kappa shape index (κ3) is 10.2. The molecular weight excluding hydrogens is 608 g/mol. The molecule has 7 nitrogen and oxygen atoms in total. The van der Waals surface area contributed by atoms with E-state index in [4.69, 9.17) is 32.7 Å². The van der Waals surface area contributed by atoms with E-state index in [-0.39, 0.29) is 12.8 Å². The number of carbonyl (C=O) groups excluding carboxylic acids is 3. The van der Waals surface area contributed by atoms with Crippen molar-refractivity contribution in [3.05, 3.63) is 94.0 Å². The minimum absolute atomic E-state index is 0.0787. The van der Waals surface area contributed by atoms with Crippen molar-refractivity contribution in [1.82, 2.24) is 10.6 Å². The summed E-state index contributed by atoms with van der Waals surface area (Å²) in [6.45, 7) is 2.77. The van der Waals surface area contributed by atoms with E-state index >= 15 is 0 Å². The van der Waals surface area contributed by atoms with Gasteiger partial charge >= 0.3 is 6.18 Å². The zero-order valence-corrected chi connectivity index (χ0v) is 25.1. The molecule has 2 amide bonds. The summed E-state index contributed by atoms with van der Waals surface area (Å²) >= 11 is 12.0. The number of alkyl halides is 3. The van der Waals surface area contributed by atoms with Gasteiger partial charge in [0.05, 0.1) is 19.6 Å². The lowest BCUT2D eigenvalue weighted by molar-refractivity contribution is -0.175. The van der Waals surface area contributed by atoms with Crippen LogP contribution < -0.4 is 20.1 Å². The number of carbonyl (C=O) groups is 3. The van der Waals surface area contributed by atoms with E-state index in [2.05, 4.69) is 10.6 Å². The van der Waals surface area contributed by atoms with Gasteiger partial charge in [-0.1, -0.05) is 61.3 Å². The monoisotopic (exact) mass is 638 g/mol. The third-order valence-corrected chi connectivity index (χ3v) is 6.99. The van der Waals surface area contributed by atoms with Crippen molar-refractivity contribution >= 4 is 40.8 Å². The number of benzene rings is 3. The number of ether oxygens (including phenoxy) is 2. The van der Waals surface area contributed by atoms with Gasteiger partial charge in [-0.25, -0.2) is 0 Å². The molecule has 0 aliphatic carbocycles. The Morgan fingerprint density at radius 3 is 1.86 bits per heavy atom. The number of hydrogen-bond acceptors (Lipinski definition) is 5. The van der Waals surface area contributed by atoms with Crippen LogP contribution in [0, 0.1) is 5.92 Å². The average Bonchev–Trinajstić information content (AvgIpc) is 2.96. The number of halogens is 5. The van der Waals surface area contributed by atoms with E-state index in [0.29, 0.717) is 32.7 Å². The Morgan fingerprint density at radius 2 is 1.35 bits per heavy atom. The fourth-order valence-corrected chi connectivity index (χ4v) is 4.43. The molecule has 0 spiro atoms. The van der Waals surface area contributed by atoms with E-state index in [1.54, 1.807) is 72.8 Å². The molecular formula is C31H31Cl2F3N2O5. The van der Waals surface area contributed by atoms with E-state index in [1.807, 2.05) is 0 Å². The summed E-state index contributed by atoms with van der Waals surface area (Å²) in [5.41, 5.74) is 1.20. The molecule has 0 saturated carbocycles. The van der Waals surface area contributed by atoms with Gasteiger partial charge in [0.2, 0.25) is 11.8 Å². The zero-order valence-electron chi connectivity index (χ0n) is 23.6. The molecule has 3 atom stereocenters. The van der Waals surface area contributed by atoms with E-state index in [1.165, 1.54) is 21.0 Å². The first kappa shape index (κ1) is 33.7. The lowest BCUT2D eigenvalue weighted by Crippen LogP contribution is -2.56. The highest BCUT2D eigenvalue weighted by Gasteiger charge is 2.45. The summed E-state index contributed by atoms with van der Waals surface area (Å²) in [6.07, 6.45) is -6.31. The number of rotatable bonds is 13. The Kier molecular flexibility index (Phi) is 11.9. The van der Waals surface area contributed by atoms with Gasteiger partial charge in [-0.05, 0) is 65.6 Å². The maximum atomic E-state index is 13.4. The number of amides is 2. The smallest absolute Gasteiger partial charge is 0.452 e. The summed E-state index contributed by atoms with van der Waals surface area (Å²) < 4.78 is 51.0. The predicted molar refractivity (Wildman–Crippen MR) is 157 cm³/mol. The van der Waals surface area contributed by atoms with Gasteiger partial charge in [0.1, 0.15) is 23.6 Å². The molecule has 3 aromatic rings. The topological polar surface area (TPSA) is 93.7 Å². The normalized spacial score (nSPS) is 13.5. The molecule has 0 fully saturated rings. The van der Waals surface area contributed by atoms with Crippen LogP contribution in [0.2, 0.25) is 10.0 Å². The van der Waals surface area contributed by atoms with Crippen LogP contribution in [0.15, 0.2) is 72.8 Å². The van der Waals surface area contributed by atoms with Crippen LogP contribution in [0.5, 0.6) is 11.5 Å². The Balaban J connectivity index is 1.85. The zero-order chi connectivity index (χ0) is 31.7. The van der Waals surface area contributed by atoms with Crippen LogP contribution in [0.25, 0.3) is 0 Å². The number of nitrogens with one attached hydrogen (secondary N) is 2. The van der Waals surface area contributed by atoms with Crippen molar-refractivity contribution in [3.63, 3.8) is 0 Å². The SMILES string of the molecule is COc1ccc(OC(CC(=O)NC(Cc2ccc(Cl)cc2)C(=O)N[C@H](C(=O)C(F)(F)F)C(C)C)c2ccc(Cl)cc2)cc1. The molecule has 2 unspecified atom stereocenters. The summed E-state index contributed by atoms with van der Waals surface area (Å²) in [7, 11) is 1.52. The molecule has 3 aromatic carbocycles. The second-order valence-corrected chi connectivity index (χ2v) is 11.0. The third-order valence-electron chi connectivity index (χ3n) is 6.48. The molecule has 0 bridgehead atoms. The molecule has 0 aromatic heterocycles. The molecule has 0 radical (unpaired) electrons. The Bertz CT molecular complexity index is 1380. The quantitative estimate of drug-likeness (QED) is 0.223. The molecule has 2 N–H and O–H groups in total. The second kappa shape index (κ2) is 15.1. The van der Waals surface area contributed by atoms with Crippen molar-refractivity contribution in [3.8, 4) is 11.5 Å². The molecule has 0 aliphatic heterocycles. The van der Waals surface area contributed by atoms with Gasteiger partial charge in [0.15, 0.2) is 0 Å². The number of methoxy groups -OCH3 is 1. The molecule has 0 aliphatic rings. The Morgan fingerprint density at radius 1 is 0.814 bits per heavy atom. The van der Waals surface area contributed by atoms with Crippen LogP contribution in [0.4, 0.5) is 13.2 Å². The first-order valence-electron chi connectivity index (χ1n) is 13.3. The molecule has 43 heavy (non-hydrogen) atoms. The van der Waals surface area contributed by atoms with Gasteiger partial charge in [-0.15, -0.1) is 0 Å². The molecule has 0 saturated heterocycles. The van der Waals surface area contributed by atoms with Crippen LogP contribution >= 0.6 is 23.2 Å². The minimum atomic E-state index is -5.15. The van der Waals surface area contributed by atoms with Crippen molar-refractivity contribution in [1.29, 1.82) is 0 Å². The molecule has 230 valence electrons. The van der Waals surface area contributed by atoms with Gasteiger partial charge in [-0.2, -0.15) is 13.2 Å². The summed E-state index contributed by atoms with van der Waals surface area (Å²) in [6, 6.07) is 16.6. The number of ketones is 1. The summed E-state index contributed by atoms with van der Waals surface area (Å²) in [4.78, 5) is 38.7. The highest BCUT2D eigenvalue weighted by atomic mass is 35.5. The second-order valence-electron chi connectivity index (χ2n) is 10.1. The Labute approximate surface area is 257 Å². The summed E-state index contributed by atoms with van der Waals surface area (Å²) in [5.74, 6) is -3.47. The first-order valence-corrected chi connectivity index (χ1v) is 14.0. The van der Waals surface area contributed by atoms with Crippen LogP contribution in [0.1, 0.15) is 37.5 Å². The number of Topliss-reactive ketones (excluding diaryl/α,β-unsaturated/α-hetero) is 1. The highest BCUT2D eigenvalue weighted by Crippen LogP contribution is 2.28. The van der Waals surface area contributed by atoms with Gasteiger partial charge in [-0.3, -0.25) is 14.4 Å². The van der Waals surface area contributed by atoms with Crippen molar-refractivity contribution in [2.24, 2.45) is 5.92 Å². The minimum Gasteiger partial charge on any atom is -0.497 e. The fourth-order valence-electron chi connectivity index (χ4n) is 4.18. The van der Waals surface area contributed by atoms with Crippen LogP contribution in [0.3, 0.4) is 0 Å². The molecule has 3 rings (SSSR count). The number of hydrogen-bond donors (Lipinski definition) is 2. The maximum Gasteiger partial charge on any atom is 0.452 e. The van der Waals surface area contributed by atoms with Crippen molar-refractivity contribution in [2.75, 3.05) is 7.11 Å². The largest absolute Gasteiger partial charge is 0.497 e. The maximum absolute atomic E-state index is 13.4. The van der Waals surface area contributed by atoms with Gasteiger partial charge < -0.3 is 20.1 Å². The lowest BCUT2D eigenvalue weighted by Gasteiger charge is -2.26.